The van der Waals surface area contributed by atoms with Gasteiger partial charge >= 0.3 is 0 Å². The lowest BCUT2D eigenvalue weighted by Crippen LogP contribution is -2.29. The maximum absolute atomic E-state index is 12.6. The lowest BCUT2D eigenvalue weighted by molar-refractivity contribution is 0.0955. The summed E-state index contributed by atoms with van der Waals surface area (Å²) in [5.41, 5.74) is 8.01. The Labute approximate surface area is 207 Å². The van der Waals surface area contributed by atoms with Crippen molar-refractivity contribution in [2.75, 3.05) is 17.2 Å². The summed E-state index contributed by atoms with van der Waals surface area (Å²) < 4.78 is 31.7. The highest BCUT2D eigenvalue weighted by Crippen LogP contribution is 2.23. The van der Waals surface area contributed by atoms with Gasteiger partial charge in [-0.15, -0.1) is 0 Å². The number of hydrogen-bond acceptors (Lipinski definition) is 5. The first-order chi connectivity index (χ1) is 16.6. The quantitative estimate of drug-likeness (QED) is 0.342. The van der Waals surface area contributed by atoms with Gasteiger partial charge in [0.2, 0.25) is 10.0 Å². The van der Waals surface area contributed by atoms with Crippen molar-refractivity contribution in [1.82, 2.24) is 5.43 Å². The number of hydrazone groups is 1. The van der Waals surface area contributed by atoms with Crippen LogP contribution in [0.3, 0.4) is 0 Å². The molecule has 0 atom stereocenters. The molecule has 7 nitrogen and oxygen atoms in total. The Hall–Kier alpha value is -3.65. The maximum Gasteiger partial charge on any atom is 0.271 e. The molecule has 8 heteroatoms. The van der Waals surface area contributed by atoms with E-state index in [9.17, 15) is 13.2 Å². The Bertz CT molecular complexity index is 1320. The van der Waals surface area contributed by atoms with Gasteiger partial charge in [0.15, 0.2) is 0 Å². The van der Waals surface area contributed by atoms with E-state index >= 15 is 0 Å². The standard InChI is InChI=1S/C27H31N3O4S/c1-6-34-26-15-12-23(13-16-26)21(4)28-29-27(31)24-10-8-22(9-11-24)18-30(35(5,32)33)25-14-7-19(2)20(3)17-25/h7-17H,6,18H2,1-5H3,(H,29,31)/b28-21+. The molecule has 0 radical (unpaired) electrons. The SMILES string of the molecule is CCOc1ccc(/C(C)=N/NC(=O)c2ccc(CN(c3ccc(C)c(C)c3)S(C)(=O)=O)cc2)cc1. The van der Waals surface area contributed by atoms with Gasteiger partial charge in [-0.3, -0.25) is 9.10 Å². The van der Waals surface area contributed by atoms with Gasteiger partial charge in [0.1, 0.15) is 5.75 Å². The fraction of sp³-hybridized carbons (Fsp3) is 0.259. The highest BCUT2D eigenvalue weighted by Gasteiger charge is 2.18. The van der Waals surface area contributed by atoms with Gasteiger partial charge in [-0.05, 0) is 98.5 Å². The van der Waals surface area contributed by atoms with Crippen molar-refractivity contribution < 1.29 is 17.9 Å². The molecule has 0 unspecified atom stereocenters. The van der Waals surface area contributed by atoms with E-state index in [1.54, 1.807) is 30.3 Å². The summed E-state index contributed by atoms with van der Waals surface area (Å²) in [4.78, 5) is 12.6. The molecule has 3 rings (SSSR count). The highest BCUT2D eigenvalue weighted by atomic mass is 32.2. The monoisotopic (exact) mass is 493 g/mol. The third-order valence-electron chi connectivity index (χ3n) is 5.63. The molecular weight excluding hydrogens is 462 g/mol. The van der Waals surface area contributed by atoms with Crippen molar-refractivity contribution in [3.63, 3.8) is 0 Å². The lowest BCUT2D eigenvalue weighted by Gasteiger charge is -2.23. The maximum atomic E-state index is 12.6. The number of hydrogen-bond donors (Lipinski definition) is 1. The van der Waals surface area contributed by atoms with Crippen LogP contribution >= 0.6 is 0 Å². The first kappa shape index (κ1) is 26.0. The number of sulfonamides is 1. The molecule has 0 saturated heterocycles. The zero-order chi connectivity index (χ0) is 25.6. The molecule has 35 heavy (non-hydrogen) atoms. The summed E-state index contributed by atoms with van der Waals surface area (Å²) in [6, 6.07) is 19.9. The Morgan fingerprint density at radius 2 is 1.57 bits per heavy atom. The molecule has 184 valence electrons. The van der Waals surface area contributed by atoms with Crippen molar-refractivity contribution in [1.29, 1.82) is 0 Å². The van der Waals surface area contributed by atoms with E-state index in [0.717, 1.165) is 28.0 Å². The minimum Gasteiger partial charge on any atom is -0.494 e. The molecular formula is C27H31N3O4S. The molecule has 1 N–H and O–H groups in total. The van der Waals surface area contributed by atoms with E-state index in [1.807, 2.05) is 64.1 Å². The van der Waals surface area contributed by atoms with E-state index in [1.165, 1.54) is 10.6 Å². The zero-order valence-corrected chi connectivity index (χ0v) is 21.5. The number of nitrogens with zero attached hydrogens (tertiary/aromatic N) is 2. The first-order valence-electron chi connectivity index (χ1n) is 11.3. The lowest BCUT2D eigenvalue weighted by atomic mass is 10.1. The van der Waals surface area contributed by atoms with Gasteiger partial charge in [0, 0.05) is 5.56 Å². The van der Waals surface area contributed by atoms with Crippen molar-refractivity contribution in [3.05, 3.63) is 94.5 Å². The van der Waals surface area contributed by atoms with Gasteiger partial charge in [-0.25, -0.2) is 13.8 Å². The van der Waals surface area contributed by atoms with E-state index in [-0.39, 0.29) is 12.5 Å². The van der Waals surface area contributed by atoms with Gasteiger partial charge in [-0.1, -0.05) is 18.2 Å². The molecule has 0 aliphatic rings. The van der Waals surface area contributed by atoms with Crippen molar-refractivity contribution >= 4 is 27.3 Å². The van der Waals surface area contributed by atoms with Crippen LogP contribution in [-0.2, 0) is 16.6 Å². The van der Waals surface area contributed by atoms with Crippen LogP contribution in [0.5, 0.6) is 5.75 Å². The minimum atomic E-state index is -3.49. The molecule has 0 aliphatic heterocycles. The van der Waals surface area contributed by atoms with Crippen LogP contribution in [0.2, 0.25) is 0 Å². The highest BCUT2D eigenvalue weighted by molar-refractivity contribution is 7.92. The molecule has 1 amide bonds. The number of nitrogens with one attached hydrogen (secondary N) is 1. The third-order valence-corrected chi connectivity index (χ3v) is 6.77. The van der Waals surface area contributed by atoms with Crippen LogP contribution in [-0.4, -0.2) is 32.9 Å². The Balaban J connectivity index is 1.69. The van der Waals surface area contributed by atoms with Crippen LogP contribution in [0.4, 0.5) is 5.69 Å². The molecule has 0 spiro atoms. The molecule has 0 saturated carbocycles. The van der Waals surface area contributed by atoms with Crippen molar-refractivity contribution in [2.45, 2.75) is 34.2 Å². The van der Waals surface area contributed by atoms with E-state index < -0.39 is 10.0 Å². The zero-order valence-electron chi connectivity index (χ0n) is 20.7. The number of benzene rings is 3. The van der Waals surface area contributed by atoms with Gasteiger partial charge in [0.25, 0.3) is 5.91 Å². The second-order valence-electron chi connectivity index (χ2n) is 8.33. The first-order valence-corrected chi connectivity index (χ1v) is 13.1. The smallest absolute Gasteiger partial charge is 0.271 e. The average molecular weight is 494 g/mol. The fourth-order valence-corrected chi connectivity index (χ4v) is 4.31. The largest absolute Gasteiger partial charge is 0.494 e. The molecule has 3 aromatic carbocycles. The molecule has 0 aliphatic carbocycles. The second kappa shape index (κ2) is 11.2. The number of anilines is 1. The molecule has 3 aromatic rings. The Kier molecular flexibility index (Phi) is 8.30. The topological polar surface area (TPSA) is 88.1 Å². The number of aryl methyl sites for hydroxylation is 2. The summed E-state index contributed by atoms with van der Waals surface area (Å²) >= 11 is 0. The van der Waals surface area contributed by atoms with E-state index in [0.29, 0.717) is 23.6 Å². The number of ether oxygens (including phenoxy) is 1. The predicted octanol–water partition coefficient (Wildman–Crippen LogP) is 4.82. The van der Waals surface area contributed by atoms with Gasteiger partial charge in [-0.2, -0.15) is 5.10 Å². The summed E-state index contributed by atoms with van der Waals surface area (Å²) in [5.74, 6) is 0.427. The number of carbonyl (C=O) groups is 1. The molecule has 0 aromatic heterocycles. The van der Waals surface area contributed by atoms with Crippen LogP contribution < -0.4 is 14.5 Å². The molecule has 0 heterocycles. The average Bonchev–Trinajstić information content (AvgIpc) is 2.83. The summed E-state index contributed by atoms with van der Waals surface area (Å²) in [6.45, 7) is 8.43. The number of amides is 1. The van der Waals surface area contributed by atoms with Crippen LogP contribution in [0.25, 0.3) is 0 Å². The Morgan fingerprint density at radius 1 is 0.943 bits per heavy atom. The van der Waals surface area contributed by atoms with Crippen molar-refractivity contribution in [3.8, 4) is 5.75 Å². The second-order valence-corrected chi connectivity index (χ2v) is 10.2. The summed E-state index contributed by atoms with van der Waals surface area (Å²) in [6.07, 6.45) is 1.19. The fourth-order valence-electron chi connectivity index (χ4n) is 3.43. The Morgan fingerprint density at radius 3 is 2.14 bits per heavy atom. The van der Waals surface area contributed by atoms with Gasteiger partial charge in [0.05, 0.1) is 30.8 Å². The predicted molar refractivity (Wildman–Crippen MR) is 141 cm³/mol. The summed E-state index contributed by atoms with van der Waals surface area (Å²) in [5, 5.41) is 4.19. The van der Waals surface area contributed by atoms with Crippen LogP contribution in [0.15, 0.2) is 71.8 Å². The van der Waals surface area contributed by atoms with E-state index in [4.69, 9.17) is 4.74 Å². The number of rotatable bonds is 9. The van der Waals surface area contributed by atoms with Crippen LogP contribution in [0, 0.1) is 13.8 Å². The third kappa shape index (κ3) is 6.93. The summed E-state index contributed by atoms with van der Waals surface area (Å²) in [7, 11) is -3.49. The number of carbonyl (C=O) groups excluding carboxylic acids is 1. The minimum absolute atomic E-state index is 0.165. The molecule has 0 bridgehead atoms. The molecule has 0 fully saturated rings. The van der Waals surface area contributed by atoms with Crippen LogP contribution in [0.1, 0.15) is 46.5 Å². The normalized spacial score (nSPS) is 11.7. The van der Waals surface area contributed by atoms with Crippen molar-refractivity contribution in [2.24, 2.45) is 5.10 Å². The van der Waals surface area contributed by atoms with Gasteiger partial charge < -0.3 is 4.74 Å². The van der Waals surface area contributed by atoms with E-state index in [2.05, 4.69) is 10.5 Å².